The van der Waals surface area contributed by atoms with Gasteiger partial charge in [-0.05, 0) is 48.7 Å². The molecule has 0 aliphatic carbocycles. The number of carbonyl (C=O) groups is 1. The van der Waals surface area contributed by atoms with E-state index in [4.69, 9.17) is 27.9 Å². The fourth-order valence-electron chi connectivity index (χ4n) is 4.50. The highest BCUT2D eigenvalue weighted by molar-refractivity contribution is 6.42. The lowest BCUT2D eigenvalue weighted by atomic mass is 9.81. The first-order chi connectivity index (χ1) is 16.5. The third-order valence-corrected chi connectivity index (χ3v) is 7.13. The van der Waals surface area contributed by atoms with Crippen molar-refractivity contribution in [3.05, 3.63) is 106 Å². The van der Waals surface area contributed by atoms with E-state index in [1.807, 2.05) is 67.6 Å². The monoisotopic (exact) mass is 496 g/mol. The van der Waals surface area contributed by atoms with Crippen molar-refractivity contribution >= 4 is 29.0 Å². The van der Waals surface area contributed by atoms with E-state index in [2.05, 4.69) is 22.8 Å². The highest BCUT2D eigenvalue weighted by Gasteiger charge is 2.40. The van der Waals surface area contributed by atoms with E-state index in [1.54, 1.807) is 6.07 Å². The van der Waals surface area contributed by atoms with Crippen LogP contribution in [-0.2, 0) is 22.7 Å². The molecule has 1 heterocycles. The molecule has 1 aliphatic rings. The molecule has 3 aromatic carbocycles. The number of benzene rings is 3. The Labute approximate surface area is 211 Å². The number of halogens is 2. The van der Waals surface area contributed by atoms with Crippen molar-refractivity contribution < 1.29 is 9.53 Å². The third kappa shape index (κ3) is 6.26. The third-order valence-electron chi connectivity index (χ3n) is 6.39. The normalized spacial score (nSPS) is 21.2. The summed E-state index contributed by atoms with van der Waals surface area (Å²) in [6, 6.07) is 25.2. The van der Waals surface area contributed by atoms with Gasteiger partial charge < -0.3 is 15.4 Å². The molecular weight excluding hydrogens is 467 g/mol. The lowest BCUT2D eigenvalue weighted by Gasteiger charge is -2.39. The van der Waals surface area contributed by atoms with Crippen molar-refractivity contribution in [2.45, 2.75) is 50.6 Å². The second kappa shape index (κ2) is 12.0. The number of Topliss-reactive ketones (excluding diaryl/α,β-unsaturated/α-hetero) is 1. The molecule has 6 heteroatoms. The van der Waals surface area contributed by atoms with Crippen molar-refractivity contribution in [3.8, 4) is 0 Å². The van der Waals surface area contributed by atoms with E-state index in [0.29, 0.717) is 23.2 Å². The van der Waals surface area contributed by atoms with Gasteiger partial charge in [0.05, 0.1) is 34.8 Å². The molecule has 1 aliphatic heterocycles. The van der Waals surface area contributed by atoms with Crippen LogP contribution < -0.4 is 10.6 Å². The number of ether oxygens (including phenoxy) is 1. The van der Waals surface area contributed by atoms with Gasteiger partial charge in [0.15, 0.2) is 5.78 Å². The predicted octanol–water partition coefficient (Wildman–Crippen LogP) is 5.77. The lowest BCUT2D eigenvalue weighted by Crippen LogP contribution is -2.58. The van der Waals surface area contributed by atoms with E-state index in [1.165, 1.54) is 5.56 Å². The average molecular weight is 497 g/mol. The summed E-state index contributed by atoms with van der Waals surface area (Å²) < 4.78 is 6.47. The summed E-state index contributed by atoms with van der Waals surface area (Å²) in [6.45, 7) is 3.65. The zero-order valence-corrected chi connectivity index (χ0v) is 20.7. The summed E-state index contributed by atoms with van der Waals surface area (Å²) in [6.07, 6.45) is 0.649. The summed E-state index contributed by atoms with van der Waals surface area (Å²) in [5.74, 6) is 0.237. The molecule has 178 valence electrons. The number of hydrogen-bond donors (Lipinski definition) is 2. The molecule has 0 saturated carbocycles. The standard InChI is InChI=1S/C28H30Cl2N2O2/c1-19(32-17-21-12-13-24(29)25(30)16-21)27(33)26-28(34-18-20-8-4-2-5-9-20)23(14-15-31-26)22-10-6-3-7-11-22/h2-13,16,19,23,26,28,31-32H,14-15,17-18H2,1H3. The Kier molecular flexibility index (Phi) is 8.76. The summed E-state index contributed by atoms with van der Waals surface area (Å²) in [7, 11) is 0. The fraction of sp³-hybridized carbons (Fsp3) is 0.321. The van der Waals surface area contributed by atoms with Crippen LogP contribution in [0.5, 0.6) is 0 Å². The van der Waals surface area contributed by atoms with E-state index < -0.39 is 6.04 Å². The maximum Gasteiger partial charge on any atom is 0.168 e. The Hall–Kier alpha value is -2.21. The van der Waals surface area contributed by atoms with E-state index >= 15 is 0 Å². The van der Waals surface area contributed by atoms with Crippen LogP contribution >= 0.6 is 23.2 Å². The van der Waals surface area contributed by atoms with E-state index in [9.17, 15) is 4.79 Å². The SMILES string of the molecule is CC(NCc1ccc(Cl)c(Cl)c1)C(=O)C1NCCC(c2ccccc2)C1OCc1ccccc1. The van der Waals surface area contributed by atoms with Crippen molar-refractivity contribution in [3.63, 3.8) is 0 Å². The molecule has 1 saturated heterocycles. The van der Waals surface area contributed by atoms with Crippen LogP contribution in [0.2, 0.25) is 10.0 Å². The van der Waals surface area contributed by atoms with Gasteiger partial charge in [0.25, 0.3) is 0 Å². The first kappa shape index (κ1) is 24.9. The lowest BCUT2D eigenvalue weighted by molar-refractivity contribution is -0.129. The van der Waals surface area contributed by atoms with Crippen LogP contribution in [0.3, 0.4) is 0 Å². The fourth-order valence-corrected chi connectivity index (χ4v) is 4.82. The zero-order chi connectivity index (χ0) is 23.9. The molecule has 4 rings (SSSR count). The number of hydrogen-bond acceptors (Lipinski definition) is 4. The molecule has 0 spiro atoms. The summed E-state index contributed by atoms with van der Waals surface area (Å²) in [4.78, 5) is 13.6. The van der Waals surface area contributed by atoms with Gasteiger partial charge in [-0.25, -0.2) is 0 Å². The Morgan fingerprint density at radius 2 is 1.71 bits per heavy atom. The summed E-state index contributed by atoms with van der Waals surface area (Å²) in [5.41, 5.74) is 3.28. The molecule has 0 bridgehead atoms. The molecule has 34 heavy (non-hydrogen) atoms. The minimum atomic E-state index is -0.404. The minimum absolute atomic E-state index is 0.0961. The Bertz CT molecular complexity index is 1080. The van der Waals surface area contributed by atoms with Gasteiger partial charge in [0.1, 0.15) is 0 Å². The Morgan fingerprint density at radius 3 is 2.41 bits per heavy atom. The number of rotatable bonds is 9. The van der Waals surface area contributed by atoms with Crippen LogP contribution in [0.15, 0.2) is 78.9 Å². The quantitative estimate of drug-likeness (QED) is 0.394. The van der Waals surface area contributed by atoms with Gasteiger partial charge in [0, 0.05) is 12.5 Å². The largest absolute Gasteiger partial charge is 0.371 e. The molecule has 1 fully saturated rings. The first-order valence-corrected chi connectivity index (χ1v) is 12.4. The maximum atomic E-state index is 13.6. The molecule has 4 atom stereocenters. The number of ketones is 1. The molecule has 0 amide bonds. The Balaban J connectivity index is 1.49. The molecule has 2 N–H and O–H groups in total. The van der Waals surface area contributed by atoms with Gasteiger partial charge in [-0.1, -0.05) is 89.9 Å². The van der Waals surface area contributed by atoms with Crippen molar-refractivity contribution in [2.75, 3.05) is 6.54 Å². The second-order valence-electron chi connectivity index (χ2n) is 8.75. The topological polar surface area (TPSA) is 50.4 Å². The van der Waals surface area contributed by atoms with Gasteiger partial charge >= 0.3 is 0 Å². The highest BCUT2D eigenvalue weighted by Crippen LogP contribution is 2.32. The van der Waals surface area contributed by atoms with Crippen molar-refractivity contribution in [2.24, 2.45) is 0 Å². The molecule has 0 aromatic heterocycles. The second-order valence-corrected chi connectivity index (χ2v) is 9.57. The van der Waals surface area contributed by atoms with E-state index in [-0.39, 0.29) is 23.8 Å². The smallest absolute Gasteiger partial charge is 0.168 e. The number of nitrogens with one attached hydrogen (secondary N) is 2. The molecule has 4 unspecified atom stereocenters. The van der Waals surface area contributed by atoms with Crippen LogP contribution in [0, 0.1) is 0 Å². The Morgan fingerprint density at radius 1 is 1.00 bits per heavy atom. The molecule has 3 aromatic rings. The van der Waals surface area contributed by atoms with Crippen molar-refractivity contribution in [1.82, 2.24) is 10.6 Å². The van der Waals surface area contributed by atoms with Gasteiger partial charge in [0.2, 0.25) is 0 Å². The highest BCUT2D eigenvalue weighted by atomic mass is 35.5. The zero-order valence-electron chi connectivity index (χ0n) is 19.2. The molecular formula is C28H30Cl2N2O2. The van der Waals surface area contributed by atoms with E-state index in [0.717, 1.165) is 24.1 Å². The number of carbonyl (C=O) groups excluding carboxylic acids is 1. The van der Waals surface area contributed by atoms with Gasteiger partial charge in [-0.15, -0.1) is 0 Å². The van der Waals surface area contributed by atoms with Crippen LogP contribution in [0.25, 0.3) is 0 Å². The van der Waals surface area contributed by atoms with Crippen LogP contribution in [0.1, 0.15) is 36.0 Å². The van der Waals surface area contributed by atoms with Gasteiger partial charge in [-0.3, -0.25) is 4.79 Å². The molecule has 0 radical (unpaired) electrons. The first-order valence-electron chi connectivity index (χ1n) is 11.7. The number of piperidine rings is 1. The van der Waals surface area contributed by atoms with Crippen LogP contribution in [0.4, 0.5) is 0 Å². The predicted molar refractivity (Wildman–Crippen MR) is 138 cm³/mol. The summed E-state index contributed by atoms with van der Waals surface area (Å²) in [5, 5.41) is 7.82. The van der Waals surface area contributed by atoms with Crippen LogP contribution in [-0.4, -0.2) is 30.5 Å². The van der Waals surface area contributed by atoms with Crippen molar-refractivity contribution in [1.29, 1.82) is 0 Å². The summed E-state index contributed by atoms with van der Waals surface area (Å²) >= 11 is 12.2. The average Bonchev–Trinajstić information content (AvgIpc) is 2.88. The maximum absolute atomic E-state index is 13.6. The minimum Gasteiger partial charge on any atom is -0.371 e. The van der Waals surface area contributed by atoms with Gasteiger partial charge in [-0.2, -0.15) is 0 Å². The molecule has 4 nitrogen and oxygen atoms in total.